The zero-order valence-electron chi connectivity index (χ0n) is 8.96. The van der Waals surface area contributed by atoms with Gasteiger partial charge in [-0.15, -0.1) is 10.2 Å². The van der Waals surface area contributed by atoms with Crippen LogP contribution in [0, 0.1) is 11.8 Å². The summed E-state index contributed by atoms with van der Waals surface area (Å²) in [6, 6.07) is 7.99. The van der Waals surface area contributed by atoms with Crippen molar-refractivity contribution >= 4 is 23.1 Å². The maximum Gasteiger partial charge on any atom is 0.174 e. The maximum atomic E-state index is 8.58. The first-order valence-electron chi connectivity index (χ1n) is 4.96. The van der Waals surface area contributed by atoms with Crippen molar-refractivity contribution in [2.45, 2.75) is 10.1 Å². The number of aromatic nitrogens is 2. The number of thioether (sulfide) groups is 1. The summed E-state index contributed by atoms with van der Waals surface area (Å²) in [5, 5.41) is 16.3. The fourth-order valence-corrected chi connectivity index (χ4v) is 2.64. The lowest BCUT2D eigenvalue weighted by Crippen LogP contribution is -1.82. The smallest absolute Gasteiger partial charge is 0.174 e. The summed E-state index contributed by atoms with van der Waals surface area (Å²) in [4.78, 5) is 0. The molecule has 17 heavy (non-hydrogen) atoms. The molecule has 0 spiro atoms. The Balaban J connectivity index is 1.94. The molecule has 0 unspecified atom stereocenters. The standard InChI is InChI=1S/C12H10N2OS2/c15-7-1-2-10-3-5-11(6-4-10)8-16-12-14-13-9-17-12/h3-6,9,15H,7-8H2. The summed E-state index contributed by atoms with van der Waals surface area (Å²) < 4.78 is 0.981. The van der Waals surface area contributed by atoms with E-state index in [1.807, 2.05) is 24.3 Å². The first-order valence-corrected chi connectivity index (χ1v) is 6.82. The monoisotopic (exact) mass is 262 g/mol. The molecule has 2 rings (SSSR count). The first-order chi connectivity index (χ1) is 8.38. The van der Waals surface area contributed by atoms with E-state index in [9.17, 15) is 0 Å². The lowest BCUT2D eigenvalue weighted by atomic mass is 10.1. The van der Waals surface area contributed by atoms with Crippen molar-refractivity contribution in [3.63, 3.8) is 0 Å². The molecule has 1 N–H and O–H groups in total. The molecule has 0 aliphatic rings. The van der Waals surface area contributed by atoms with E-state index >= 15 is 0 Å². The molecule has 0 bridgehead atoms. The second kappa shape index (κ2) is 6.40. The topological polar surface area (TPSA) is 46.0 Å². The van der Waals surface area contributed by atoms with Crippen LogP contribution < -0.4 is 0 Å². The average molecular weight is 262 g/mol. The molecule has 1 aromatic heterocycles. The Morgan fingerprint density at radius 3 is 2.76 bits per heavy atom. The molecule has 1 heterocycles. The fourth-order valence-electron chi connectivity index (χ4n) is 1.20. The summed E-state index contributed by atoms with van der Waals surface area (Å²) in [6.45, 7) is -0.103. The van der Waals surface area contributed by atoms with Crippen LogP contribution in [0.5, 0.6) is 0 Å². The van der Waals surface area contributed by atoms with Gasteiger partial charge in [-0.2, -0.15) is 0 Å². The van der Waals surface area contributed by atoms with Gasteiger partial charge in [0.2, 0.25) is 0 Å². The minimum absolute atomic E-state index is 0.103. The summed E-state index contributed by atoms with van der Waals surface area (Å²) in [5.74, 6) is 6.36. The SMILES string of the molecule is OCC#Cc1ccc(CSc2nncs2)cc1. The number of aliphatic hydroxyl groups is 1. The highest BCUT2D eigenvalue weighted by molar-refractivity contribution is 8.00. The third kappa shape index (κ3) is 3.86. The van der Waals surface area contributed by atoms with Gasteiger partial charge in [-0.1, -0.05) is 47.1 Å². The van der Waals surface area contributed by atoms with Gasteiger partial charge in [-0.05, 0) is 17.7 Å². The lowest BCUT2D eigenvalue weighted by Gasteiger charge is -1.98. The van der Waals surface area contributed by atoms with E-state index < -0.39 is 0 Å². The van der Waals surface area contributed by atoms with Crippen molar-refractivity contribution in [3.8, 4) is 11.8 Å². The predicted molar refractivity (Wildman–Crippen MR) is 69.9 cm³/mol. The molecule has 2 aromatic rings. The molecule has 0 amide bonds. The Morgan fingerprint density at radius 2 is 2.12 bits per heavy atom. The quantitative estimate of drug-likeness (QED) is 0.680. The van der Waals surface area contributed by atoms with Gasteiger partial charge in [-0.3, -0.25) is 0 Å². The normalized spacial score (nSPS) is 9.71. The van der Waals surface area contributed by atoms with E-state index in [0.29, 0.717) is 0 Å². The van der Waals surface area contributed by atoms with Crippen LogP contribution in [-0.2, 0) is 5.75 Å². The van der Waals surface area contributed by atoms with E-state index in [-0.39, 0.29) is 6.61 Å². The van der Waals surface area contributed by atoms with Crippen molar-refractivity contribution in [1.29, 1.82) is 0 Å². The van der Waals surface area contributed by atoms with Crippen LogP contribution in [0.25, 0.3) is 0 Å². The number of hydrogen-bond acceptors (Lipinski definition) is 5. The Bertz CT molecular complexity index is 512. The molecule has 1 aromatic carbocycles. The van der Waals surface area contributed by atoms with E-state index in [1.54, 1.807) is 28.6 Å². The highest BCUT2D eigenvalue weighted by Crippen LogP contribution is 2.23. The van der Waals surface area contributed by atoms with Crippen molar-refractivity contribution in [1.82, 2.24) is 10.2 Å². The molecule has 86 valence electrons. The molecule has 0 radical (unpaired) electrons. The Labute approximate surface area is 108 Å². The van der Waals surface area contributed by atoms with Gasteiger partial charge in [0.05, 0.1) is 0 Å². The summed E-state index contributed by atoms with van der Waals surface area (Å²) in [7, 11) is 0. The van der Waals surface area contributed by atoms with Crippen LogP contribution >= 0.6 is 23.1 Å². The second-order valence-corrected chi connectivity index (χ2v) is 5.21. The maximum absolute atomic E-state index is 8.58. The molecule has 0 atom stereocenters. The van der Waals surface area contributed by atoms with Crippen LogP contribution in [0.2, 0.25) is 0 Å². The third-order valence-electron chi connectivity index (χ3n) is 1.97. The Kier molecular flexibility index (Phi) is 4.56. The van der Waals surface area contributed by atoms with Crippen LogP contribution in [0.3, 0.4) is 0 Å². The minimum atomic E-state index is -0.103. The van der Waals surface area contributed by atoms with E-state index in [2.05, 4.69) is 22.0 Å². The second-order valence-electron chi connectivity index (χ2n) is 3.15. The third-order valence-corrected chi connectivity index (χ3v) is 3.90. The summed E-state index contributed by atoms with van der Waals surface area (Å²) in [5.41, 5.74) is 3.87. The summed E-state index contributed by atoms with van der Waals surface area (Å²) in [6.07, 6.45) is 0. The zero-order valence-corrected chi connectivity index (χ0v) is 10.6. The minimum Gasteiger partial charge on any atom is -0.384 e. The van der Waals surface area contributed by atoms with Crippen molar-refractivity contribution < 1.29 is 5.11 Å². The fraction of sp³-hybridized carbons (Fsp3) is 0.167. The molecule has 0 aliphatic heterocycles. The van der Waals surface area contributed by atoms with Gasteiger partial charge in [0, 0.05) is 11.3 Å². The van der Waals surface area contributed by atoms with E-state index in [0.717, 1.165) is 15.7 Å². The van der Waals surface area contributed by atoms with Gasteiger partial charge in [0.15, 0.2) is 4.34 Å². The number of rotatable bonds is 3. The largest absolute Gasteiger partial charge is 0.384 e. The number of hydrogen-bond donors (Lipinski definition) is 1. The van der Waals surface area contributed by atoms with Gasteiger partial charge < -0.3 is 5.11 Å². The molecule has 0 saturated carbocycles. The first kappa shape index (κ1) is 12.1. The Hall–Kier alpha value is -1.35. The molecular formula is C12H10N2OS2. The van der Waals surface area contributed by atoms with E-state index in [1.165, 1.54) is 5.56 Å². The zero-order chi connectivity index (χ0) is 11.9. The van der Waals surface area contributed by atoms with Crippen molar-refractivity contribution in [3.05, 3.63) is 40.9 Å². The number of benzene rings is 1. The summed E-state index contributed by atoms with van der Waals surface area (Å²) >= 11 is 3.22. The van der Waals surface area contributed by atoms with Gasteiger partial charge >= 0.3 is 0 Å². The van der Waals surface area contributed by atoms with E-state index in [4.69, 9.17) is 5.11 Å². The molecule has 3 nitrogen and oxygen atoms in total. The van der Waals surface area contributed by atoms with Gasteiger partial charge in [-0.25, -0.2) is 0 Å². The molecule has 0 aliphatic carbocycles. The van der Waals surface area contributed by atoms with Gasteiger partial charge in [0.25, 0.3) is 0 Å². The number of nitrogens with zero attached hydrogens (tertiary/aromatic N) is 2. The highest BCUT2D eigenvalue weighted by atomic mass is 32.2. The molecule has 0 fully saturated rings. The number of aliphatic hydroxyl groups excluding tert-OH is 1. The highest BCUT2D eigenvalue weighted by Gasteiger charge is 1.99. The van der Waals surface area contributed by atoms with Crippen LogP contribution in [0.15, 0.2) is 34.1 Å². The predicted octanol–water partition coefficient (Wildman–Crippen LogP) is 2.17. The van der Waals surface area contributed by atoms with Crippen molar-refractivity contribution in [2.75, 3.05) is 6.61 Å². The van der Waals surface area contributed by atoms with Crippen LogP contribution in [-0.4, -0.2) is 21.9 Å². The van der Waals surface area contributed by atoms with Crippen molar-refractivity contribution in [2.24, 2.45) is 0 Å². The van der Waals surface area contributed by atoms with Gasteiger partial charge in [0.1, 0.15) is 12.1 Å². The molecule has 5 heteroatoms. The van der Waals surface area contributed by atoms with Crippen LogP contribution in [0.4, 0.5) is 0 Å². The average Bonchev–Trinajstić information content (AvgIpc) is 2.88. The molecular weight excluding hydrogens is 252 g/mol. The molecule has 0 saturated heterocycles. The van der Waals surface area contributed by atoms with Crippen LogP contribution in [0.1, 0.15) is 11.1 Å². The Morgan fingerprint density at radius 1 is 1.29 bits per heavy atom. The lowest BCUT2D eigenvalue weighted by molar-refractivity contribution is 0.350.